The van der Waals surface area contributed by atoms with Gasteiger partial charge in [-0.2, -0.15) is 0 Å². The Kier molecular flexibility index (Phi) is 6.16. The summed E-state index contributed by atoms with van der Waals surface area (Å²) in [5, 5.41) is 21.7. The van der Waals surface area contributed by atoms with E-state index >= 15 is 0 Å². The van der Waals surface area contributed by atoms with Gasteiger partial charge in [0.1, 0.15) is 23.1 Å². The largest absolute Gasteiger partial charge is 0.507 e. The van der Waals surface area contributed by atoms with Crippen molar-refractivity contribution in [3.05, 3.63) is 83.4 Å². The molecule has 1 fully saturated rings. The van der Waals surface area contributed by atoms with Crippen LogP contribution in [0.2, 0.25) is 0 Å². The molecule has 0 aliphatic carbocycles. The van der Waals surface area contributed by atoms with E-state index < -0.39 is 12.0 Å². The first-order chi connectivity index (χ1) is 18.8. The van der Waals surface area contributed by atoms with Gasteiger partial charge in [0, 0.05) is 11.1 Å². The van der Waals surface area contributed by atoms with Crippen LogP contribution in [-0.4, -0.2) is 56.0 Å². The molecular weight excluding hydrogens is 490 g/mol. The highest BCUT2D eigenvalue weighted by molar-refractivity contribution is 6.11. The fourth-order valence-electron chi connectivity index (χ4n) is 5.54. The van der Waals surface area contributed by atoms with Crippen LogP contribution in [0.3, 0.4) is 0 Å². The third-order valence-electron chi connectivity index (χ3n) is 7.84. The van der Waals surface area contributed by atoms with Gasteiger partial charge in [-0.25, -0.2) is 4.98 Å². The molecule has 1 aromatic heterocycles. The maximum atomic E-state index is 13.0. The highest BCUT2D eigenvalue weighted by Crippen LogP contribution is 2.35. The van der Waals surface area contributed by atoms with Gasteiger partial charge in [-0.05, 0) is 85.1 Å². The molecule has 3 N–H and O–H groups in total. The SMILES string of the molecule is Cc1ccc(-c2cccc(-c3nc4c(ccc5cc(C(=O)CN6CCC[C@H]6C(=O)O)cc(O)c54)[nH]3)c2)cc1C. The third kappa shape index (κ3) is 4.55. The molecule has 0 amide bonds. The number of carbonyl (C=O) groups excluding carboxylic acids is 1. The second-order valence-corrected chi connectivity index (χ2v) is 10.4. The van der Waals surface area contributed by atoms with Crippen molar-refractivity contribution in [2.75, 3.05) is 13.1 Å². The van der Waals surface area contributed by atoms with Crippen molar-refractivity contribution in [3.63, 3.8) is 0 Å². The maximum absolute atomic E-state index is 13.0. The van der Waals surface area contributed by atoms with Gasteiger partial charge in [0.15, 0.2) is 5.78 Å². The van der Waals surface area contributed by atoms with Gasteiger partial charge in [0.25, 0.3) is 0 Å². The molecule has 1 aliphatic rings. The van der Waals surface area contributed by atoms with Crippen molar-refractivity contribution in [2.45, 2.75) is 32.7 Å². The van der Waals surface area contributed by atoms with Gasteiger partial charge in [0.05, 0.1) is 17.4 Å². The second kappa shape index (κ2) is 9.67. The van der Waals surface area contributed by atoms with Crippen molar-refractivity contribution < 1.29 is 19.8 Å². The number of likely N-dealkylation sites (tertiary alicyclic amines) is 1. The molecule has 0 radical (unpaired) electrons. The monoisotopic (exact) mass is 519 g/mol. The lowest BCUT2D eigenvalue weighted by Crippen LogP contribution is -2.39. The molecule has 4 aromatic carbocycles. The number of ketones is 1. The summed E-state index contributed by atoms with van der Waals surface area (Å²) >= 11 is 0. The van der Waals surface area contributed by atoms with Crippen molar-refractivity contribution in [1.29, 1.82) is 0 Å². The van der Waals surface area contributed by atoms with E-state index in [0.717, 1.165) is 28.6 Å². The minimum absolute atomic E-state index is 0.00750. The Morgan fingerprint density at radius 1 is 0.974 bits per heavy atom. The van der Waals surface area contributed by atoms with E-state index in [2.05, 4.69) is 49.2 Å². The van der Waals surface area contributed by atoms with Crippen LogP contribution >= 0.6 is 0 Å². The van der Waals surface area contributed by atoms with E-state index in [1.807, 2.05) is 24.3 Å². The minimum atomic E-state index is -0.905. The number of carboxylic acid groups (broad SMARTS) is 1. The summed E-state index contributed by atoms with van der Waals surface area (Å²) in [6.07, 6.45) is 1.29. The predicted octanol–water partition coefficient (Wildman–Crippen LogP) is 6.10. The number of aromatic hydroxyl groups is 1. The Morgan fingerprint density at radius 2 is 1.77 bits per heavy atom. The van der Waals surface area contributed by atoms with Gasteiger partial charge in [-0.1, -0.05) is 42.5 Å². The standard InChI is InChI=1S/C32H29N3O4/c1-18-8-9-21(13-19(18)2)20-5-3-6-23(14-20)31-33-25-11-10-22-15-24(16-27(36)29(22)30(25)34-31)28(37)17-35-12-4-7-26(35)32(38)39/h3,5-6,8-11,13-16,26,36H,4,7,12,17H2,1-2H3,(H,33,34)(H,38,39)/t26-/m0/s1. The van der Waals surface area contributed by atoms with Crippen LogP contribution in [0.5, 0.6) is 5.75 Å². The Bertz CT molecular complexity index is 1770. The molecule has 5 aromatic rings. The lowest BCUT2D eigenvalue weighted by Gasteiger charge is -2.20. The molecule has 6 rings (SSSR count). The Balaban J connectivity index is 1.34. The molecule has 7 nitrogen and oxygen atoms in total. The zero-order valence-electron chi connectivity index (χ0n) is 21.9. The van der Waals surface area contributed by atoms with Gasteiger partial charge in [-0.15, -0.1) is 0 Å². The first-order valence-electron chi connectivity index (χ1n) is 13.1. The number of phenols is 1. The number of hydrogen-bond donors (Lipinski definition) is 3. The number of aliphatic carboxylic acids is 1. The van der Waals surface area contributed by atoms with Crippen LogP contribution in [0.25, 0.3) is 44.3 Å². The summed E-state index contributed by atoms with van der Waals surface area (Å²) in [7, 11) is 0. The average Bonchev–Trinajstić information content (AvgIpc) is 3.57. The van der Waals surface area contributed by atoms with Crippen LogP contribution in [0.4, 0.5) is 0 Å². The molecule has 1 aliphatic heterocycles. The molecule has 0 saturated carbocycles. The third-order valence-corrected chi connectivity index (χ3v) is 7.84. The summed E-state index contributed by atoms with van der Waals surface area (Å²) in [5.41, 5.74) is 7.42. The highest BCUT2D eigenvalue weighted by atomic mass is 16.4. The minimum Gasteiger partial charge on any atom is -0.507 e. The lowest BCUT2D eigenvalue weighted by molar-refractivity contribution is -0.141. The van der Waals surface area contributed by atoms with Crippen molar-refractivity contribution >= 4 is 33.6 Å². The fraction of sp³-hybridized carbons (Fsp3) is 0.219. The van der Waals surface area contributed by atoms with E-state index in [4.69, 9.17) is 4.98 Å². The number of nitrogens with zero attached hydrogens (tertiary/aromatic N) is 2. The number of aromatic amines is 1. The smallest absolute Gasteiger partial charge is 0.320 e. The van der Waals surface area contributed by atoms with E-state index in [1.165, 1.54) is 17.2 Å². The normalized spacial score (nSPS) is 15.8. The number of fused-ring (bicyclic) bond motifs is 3. The Morgan fingerprint density at radius 3 is 2.56 bits per heavy atom. The molecule has 0 bridgehead atoms. The average molecular weight is 520 g/mol. The number of imidazole rings is 1. The quantitative estimate of drug-likeness (QED) is 0.234. The number of hydrogen-bond acceptors (Lipinski definition) is 5. The molecule has 1 saturated heterocycles. The molecule has 39 heavy (non-hydrogen) atoms. The number of phenolic OH excluding ortho intramolecular Hbond substituents is 1. The number of rotatable bonds is 6. The fourth-order valence-corrected chi connectivity index (χ4v) is 5.54. The first kappa shape index (κ1) is 24.8. The van der Waals surface area contributed by atoms with Crippen LogP contribution in [-0.2, 0) is 4.79 Å². The number of aryl methyl sites for hydroxylation is 2. The molecule has 196 valence electrons. The van der Waals surface area contributed by atoms with Gasteiger partial charge < -0.3 is 15.2 Å². The maximum Gasteiger partial charge on any atom is 0.320 e. The van der Waals surface area contributed by atoms with Crippen molar-refractivity contribution in [3.8, 4) is 28.3 Å². The topological polar surface area (TPSA) is 107 Å². The van der Waals surface area contributed by atoms with Crippen molar-refractivity contribution in [2.24, 2.45) is 0 Å². The summed E-state index contributed by atoms with van der Waals surface area (Å²) in [4.78, 5) is 34.5. The van der Waals surface area contributed by atoms with E-state index in [-0.39, 0.29) is 18.1 Å². The highest BCUT2D eigenvalue weighted by Gasteiger charge is 2.32. The molecule has 1 atom stereocenters. The number of aromatic nitrogens is 2. The predicted molar refractivity (Wildman–Crippen MR) is 152 cm³/mol. The zero-order chi connectivity index (χ0) is 27.3. The van der Waals surface area contributed by atoms with Crippen molar-refractivity contribution in [1.82, 2.24) is 14.9 Å². The molecular formula is C32H29N3O4. The van der Waals surface area contributed by atoms with Crippen LogP contribution in [0, 0.1) is 13.8 Å². The second-order valence-electron chi connectivity index (χ2n) is 10.4. The number of carbonyl (C=O) groups is 2. The Labute approximate surface area is 225 Å². The van der Waals surface area contributed by atoms with E-state index in [9.17, 15) is 19.8 Å². The summed E-state index contributed by atoms with van der Waals surface area (Å²) in [6.45, 7) is 4.79. The molecule has 7 heteroatoms. The first-order valence-corrected chi connectivity index (χ1v) is 13.1. The number of Topliss-reactive ketones (excluding diaryl/α,β-unsaturated/α-hetero) is 1. The van der Waals surface area contributed by atoms with Gasteiger partial charge in [-0.3, -0.25) is 14.5 Å². The molecule has 0 spiro atoms. The number of carboxylic acids is 1. The summed E-state index contributed by atoms with van der Waals surface area (Å²) in [6, 6.07) is 21.0. The van der Waals surface area contributed by atoms with E-state index in [1.54, 1.807) is 11.0 Å². The summed E-state index contributed by atoms with van der Waals surface area (Å²) < 4.78 is 0. The van der Waals surface area contributed by atoms with E-state index in [0.29, 0.717) is 40.6 Å². The van der Waals surface area contributed by atoms with Gasteiger partial charge in [0.2, 0.25) is 0 Å². The molecule has 0 unspecified atom stereocenters. The number of H-pyrrole nitrogens is 1. The van der Waals surface area contributed by atoms with Crippen LogP contribution in [0.1, 0.15) is 34.3 Å². The Hall–Kier alpha value is -4.49. The lowest BCUT2D eigenvalue weighted by atomic mass is 9.99. The van der Waals surface area contributed by atoms with Crippen LogP contribution in [0.15, 0.2) is 66.7 Å². The number of benzene rings is 4. The number of nitrogens with one attached hydrogen (secondary N) is 1. The van der Waals surface area contributed by atoms with Crippen LogP contribution < -0.4 is 0 Å². The van der Waals surface area contributed by atoms with Gasteiger partial charge >= 0.3 is 5.97 Å². The summed E-state index contributed by atoms with van der Waals surface area (Å²) in [5.74, 6) is -0.458. The zero-order valence-corrected chi connectivity index (χ0v) is 21.9. The molecule has 2 heterocycles.